The minimum atomic E-state index is -0.162. The highest BCUT2D eigenvalue weighted by molar-refractivity contribution is 7.21. The standard InChI is InChI=1S/C9H9N3OS/c1-11-9(13)8-6(10)7-5(14-8)3-2-4-12-7/h2-4H,10H2,1H3,(H,11,13). The Bertz CT molecular complexity index is 492. The van der Waals surface area contributed by atoms with E-state index in [1.165, 1.54) is 11.3 Å². The van der Waals surface area contributed by atoms with E-state index in [2.05, 4.69) is 10.3 Å². The number of thiophene rings is 1. The molecule has 0 unspecified atom stereocenters. The van der Waals surface area contributed by atoms with E-state index in [0.29, 0.717) is 16.1 Å². The number of anilines is 1. The van der Waals surface area contributed by atoms with E-state index >= 15 is 0 Å². The van der Waals surface area contributed by atoms with Gasteiger partial charge in [-0.1, -0.05) is 0 Å². The number of pyridine rings is 1. The topological polar surface area (TPSA) is 68.0 Å². The summed E-state index contributed by atoms with van der Waals surface area (Å²) in [6, 6.07) is 3.72. The molecule has 0 aliphatic rings. The molecule has 2 aromatic heterocycles. The van der Waals surface area contributed by atoms with Crippen molar-refractivity contribution in [2.45, 2.75) is 0 Å². The van der Waals surface area contributed by atoms with Crippen molar-refractivity contribution in [3.63, 3.8) is 0 Å². The van der Waals surface area contributed by atoms with Gasteiger partial charge in [0.25, 0.3) is 5.91 Å². The molecule has 0 spiro atoms. The molecule has 0 aliphatic carbocycles. The van der Waals surface area contributed by atoms with Crippen LogP contribution < -0.4 is 11.1 Å². The van der Waals surface area contributed by atoms with E-state index in [0.717, 1.165) is 4.70 Å². The molecule has 2 heterocycles. The second kappa shape index (κ2) is 3.26. The number of hydrogen-bond donors (Lipinski definition) is 2. The first-order chi connectivity index (χ1) is 6.74. The highest BCUT2D eigenvalue weighted by Gasteiger charge is 2.15. The van der Waals surface area contributed by atoms with Crippen molar-refractivity contribution < 1.29 is 4.79 Å². The lowest BCUT2D eigenvalue weighted by Gasteiger charge is -1.95. The number of hydrogen-bond acceptors (Lipinski definition) is 4. The van der Waals surface area contributed by atoms with E-state index < -0.39 is 0 Å². The van der Waals surface area contributed by atoms with Crippen LogP contribution in [0.2, 0.25) is 0 Å². The van der Waals surface area contributed by atoms with Crippen molar-refractivity contribution in [1.29, 1.82) is 0 Å². The Morgan fingerprint density at radius 2 is 2.43 bits per heavy atom. The summed E-state index contributed by atoms with van der Waals surface area (Å²) in [5.41, 5.74) is 6.97. The van der Waals surface area contributed by atoms with Gasteiger partial charge >= 0.3 is 0 Å². The maximum absolute atomic E-state index is 11.4. The second-order valence-electron chi connectivity index (χ2n) is 2.77. The van der Waals surface area contributed by atoms with Crippen LogP contribution in [-0.2, 0) is 0 Å². The maximum Gasteiger partial charge on any atom is 0.263 e. The fraction of sp³-hybridized carbons (Fsp3) is 0.111. The molecule has 0 fully saturated rings. The number of carbonyl (C=O) groups excluding carboxylic acids is 1. The number of nitrogens with two attached hydrogens (primary N) is 1. The van der Waals surface area contributed by atoms with Gasteiger partial charge in [0.2, 0.25) is 0 Å². The largest absolute Gasteiger partial charge is 0.396 e. The number of nitrogen functional groups attached to an aromatic ring is 1. The Balaban J connectivity index is 2.68. The van der Waals surface area contributed by atoms with Crippen LogP contribution in [0.15, 0.2) is 18.3 Å². The van der Waals surface area contributed by atoms with Gasteiger partial charge in [-0.15, -0.1) is 11.3 Å². The maximum atomic E-state index is 11.4. The van der Waals surface area contributed by atoms with Crippen molar-refractivity contribution in [3.05, 3.63) is 23.2 Å². The van der Waals surface area contributed by atoms with Gasteiger partial charge in [0, 0.05) is 13.2 Å². The van der Waals surface area contributed by atoms with Crippen molar-refractivity contribution in [1.82, 2.24) is 10.3 Å². The molecule has 2 rings (SSSR count). The fourth-order valence-electron chi connectivity index (χ4n) is 1.23. The van der Waals surface area contributed by atoms with Gasteiger partial charge in [0.1, 0.15) is 10.4 Å². The molecule has 0 radical (unpaired) electrons. The zero-order chi connectivity index (χ0) is 10.1. The molecule has 0 aromatic carbocycles. The third-order valence-electron chi connectivity index (χ3n) is 1.92. The average molecular weight is 207 g/mol. The summed E-state index contributed by atoms with van der Waals surface area (Å²) in [5, 5.41) is 2.55. The fourth-order valence-corrected chi connectivity index (χ4v) is 2.26. The van der Waals surface area contributed by atoms with Crippen molar-refractivity contribution in [3.8, 4) is 0 Å². The Hall–Kier alpha value is -1.62. The van der Waals surface area contributed by atoms with Crippen LogP contribution in [0.25, 0.3) is 10.2 Å². The van der Waals surface area contributed by atoms with Gasteiger partial charge in [-0.05, 0) is 12.1 Å². The normalized spacial score (nSPS) is 10.4. The molecule has 4 nitrogen and oxygen atoms in total. The van der Waals surface area contributed by atoms with Gasteiger partial charge in [-0.2, -0.15) is 0 Å². The minimum absolute atomic E-state index is 0.162. The number of nitrogens with one attached hydrogen (secondary N) is 1. The van der Waals surface area contributed by atoms with Gasteiger partial charge in [0.15, 0.2) is 0 Å². The molecule has 1 amide bonds. The molecule has 0 bridgehead atoms. The number of nitrogens with zero attached hydrogens (tertiary/aromatic N) is 1. The number of carbonyl (C=O) groups is 1. The summed E-state index contributed by atoms with van der Waals surface area (Å²) >= 11 is 1.36. The van der Waals surface area contributed by atoms with Crippen LogP contribution in [0.4, 0.5) is 5.69 Å². The molecule has 0 saturated carbocycles. The quantitative estimate of drug-likeness (QED) is 0.739. The van der Waals surface area contributed by atoms with Crippen LogP contribution in [0.5, 0.6) is 0 Å². The summed E-state index contributed by atoms with van der Waals surface area (Å²) < 4.78 is 0.934. The zero-order valence-electron chi connectivity index (χ0n) is 7.57. The summed E-state index contributed by atoms with van der Waals surface area (Å²) in [6.45, 7) is 0. The van der Waals surface area contributed by atoms with Crippen LogP contribution in [0.1, 0.15) is 9.67 Å². The van der Waals surface area contributed by atoms with Crippen LogP contribution in [0.3, 0.4) is 0 Å². The number of aromatic nitrogens is 1. The molecule has 3 N–H and O–H groups in total. The van der Waals surface area contributed by atoms with E-state index in [1.54, 1.807) is 13.2 Å². The second-order valence-corrected chi connectivity index (χ2v) is 3.83. The lowest BCUT2D eigenvalue weighted by atomic mass is 10.3. The zero-order valence-corrected chi connectivity index (χ0v) is 8.39. The molecule has 72 valence electrons. The van der Waals surface area contributed by atoms with Crippen molar-refractivity contribution in [2.24, 2.45) is 0 Å². The van der Waals surface area contributed by atoms with Crippen LogP contribution >= 0.6 is 11.3 Å². The van der Waals surface area contributed by atoms with Crippen LogP contribution in [0, 0.1) is 0 Å². The average Bonchev–Trinajstić information content (AvgIpc) is 2.56. The molecule has 5 heteroatoms. The molecule has 2 aromatic rings. The van der Waals surface area contributed by atoms with Gasteiger partial charge in [-0.3, -0.25) is 9.78 Å². The number of fused-ring (bicyclic) bond motifs is 1. The van der Waals surface area contributed by atoms with Crippen molar-refractivity contribution in [2.75, 3.05) is 12.8 Å². The first kappa shape index (κ1) is 8.96. The van der Waals surface area contributed by atoms with Gasteiger partial charge in [-0.25, -0.2) is 0 Å². The minimum Gasteiger partial charge on any atom is -0.396 e. The van der Waals surface area contributed by atoms with E-state index in [4.69, 9.17) is 5.73 Å². The molecule has 0 saturated heterocycles. The highest BCUT2D eigenvalue weighted by Crippen LogP contribution is 2.31. The summed E-state index contributed by atoms with van der Waals surface area (Å²) in [7, 11) is 1.58. The molecule has 0 atom stereocenters. The van der Waals surface area contributed by atoms with E-state index in [1.807, 2.05) is 12.1 Å². The Morgan fingerprint density at radius 3 is 3.07 bits per heavy atom. The number of amides is 1. The Labute approximate surface area is 84.8 Å². The Kier molecular flexibility index (Phi) is 2.09. The highest BCUT2D eigenvalue weighted by atomic mass is 32.1. The van der Waals surface area contributed by atoms with Crippen LogP contribution in [-0.4, -0.2) is 17.9 Å². The molecule has 14 heavy (non-hydrogen) atoms. The molecule has 0 aliphatic heterocycles. The summed E-state index contributed by atoms with van der Waals surface area (Å²) in [5.74, 6) is -0.162. The first-order valence-electron chi connectivity index (χ1n) is 4.09. The molecular formula is C9H9N3OS. The van der Waals surface area contributed by atoms with Gasteiger partial charge < -0.3 is 11.1 Å². The predicted molar refractivity (Wildman–Crippen MR) is 57.4 cm³/mol. The summed E-state index contributed by atoms with van der Waals surface area (Å²) in [4.78, 5) is 16.0. The van der Waals surface area contributed by atoms with E-state index in [-0.39, 0.29) is 5.91 Å². The molecular weight excluding hydrogens is 198 g/mol. The lowest BCUT2D eigenvalue weighted by molar-refractivity contribution is 0.0968. The summed E-state index contributed by atoms with van der Waals surface area (Å²) in [6.07, 6.45) is 1.67. The predicted octanol–water partition coefficient (Wildman–Crippen LogP) is 1.24. The monoisotopic (exact) mass is 207 g/mol. The third kappa shape index (κ3) is 1.22. The smallest absolute Gasteiger partial charge is 0.263 e. The number of rotatable bonds is 1. The SMILES string of the molecule is CNC(=O)c1sc2cccnc2c1N. The van der Waals surface area contributed by atoms with Gasteiger partial charge in [0.05, 0.1) is 10.4 Å². The third-order valence-corrected chi connectivity index (χ3v) is 3.07. The van der Waals surface area contributed by atoms with E-state index in [9.17, 15) is 4.79 Å². The van der Waals surface area contributed by atoms with Crippen molar-refractivity contribution >= 4 is 33.1 Å². The first-order valence-corrected chi connectivity index (χ1v) is 4.90. The Morgan fingerprint density at radius 1 is 1.64 bits per heavy atom. The lowest BCUT2D eigenvalue weighted by Crippen LogP contribution is -2.17.